The summed E-state index contributed by atoms with van der Waals surface area (Å²) in [5.41, 5.74) is 1.60. The molecule has 0 aliphatic carbocycles. The molecular formula is C24H29NO9. The highest BCUT2D eigenvalue weighted by molar-refractivity contribution is 5.87. The van der Waals surface area contributed by atoms with Gasteiger partial charge in [0.1, 0.15) is 0 Å². The summed E-state index contributed by atoms with van der Waals surface area (Å²) in [6.07, 6.45) is -3.06. The first-order chi connectivity index (χ1) is 16.4. The van der Waals surface area contributed by atoms with Gasteiger partial charge in [-0.2, -0.15) is 0 Å². The van der Waals surface area contributed by atoms with E-state index in [1.165, 1.54) is 0 Å². The molecule has 10 heteroatoms. The van der Waals surface area contributed by atoms with E-state index in [1.54, 1.807) is 27.0 Å². The van der Waals surface area contributed by atoms with Gasteiger partial charge in [0.15, 0.2) is 12.2 Å². The van der Waals surface area contributed by atoms with Crippen molar-refractivity contribution in [2.24, 2.45) is 0 Å². The van der Waals surface area contributed by atoms with Gasteiger partial charge >= 0.3 is 23.9 Å². The number of nitrogens with one attached hydrogen (secondary N) is 1. The number of carbonyl (C=O) groups is 4. The third-order valence-electron chi connectivity index (χ3n) is 5.32. The van der Waals surface area contributed by atoms with Gasteiger partial charge in [-0.05, 0) is 11.6 Å². The lowest BCUT2D eigenvalue weighted by molar-refractivity contribution is -0.275. The molecule has 1 aliphatic heterocycles. The van der Waals surface area contributed by atoms with E-state index in [0.29, 0.717) is 0 Å². The summed E-state index contributed by atoms with van der Waals surface area (Å²) < 4.78 is 27.4. The molecule has 0 saturated carbocycles. The predicted octanol–water partition coefficient (Wildman–Crippen LogP) is 2.58. The zero-order valence-electron chi connectivity index (χ0n) is 19.4. The Kier molecular flexibility index (Phi) is 8.64. The van der Waals surface area contributed by atoms with Gasteiger partial charge in [-0.25, -0.2) is 0 Å². The minimum atomic E-state index is -1.35. The summed E-state index contributed by atoms with van der Waals surface area (Å²) in [4.78, 5) is 52.0. The summed E-state index contributed by atoms with van der Waals surface area (Å²) in [6.45, 7) is 4.59. The minimum absolute atomic E-state index is 0.0281. The number of aromatic amines is 1. The number of esters is 4. The fourth-order valence-corrected chi connectivity index (χ4v) is 3.54. The first kappa shape index (κ1) is 25.2. The first-order valence-electron chi connectivity index (χ1n) is 11.3. The summed E-state index contributed by atoms with van der Waals surface area (Å²) in [5, 5.41) is 0.874. The van der Waals surface area contributed by atoms with Crippen molar-refractivity contribution in [3.63, 3.8) is 0 Å². The molecule has 2 aromatic rings. The second-order valence-electron chi connectivity index (χ2n) is 7.73. The van der Waals surface area contributed by atoms with Crippen LogP contribution in [0.4, 0.5) is 0 Å². The Balaban J connectivity index is 1.80. The average molecular weight is 475 g/mol. The molecule has 3 rings (SSSR count). The van der Waals surface area contributed by atoms with Crippen LogP contribution in [-0.4, -0.2) is 60.1 Å². The third kappa shape index (κ3) is 6.13. The number of fused-ring (bicyclic) bond motifs is 1. The zero-order valence-corrected chi connectivity index (χ0v) is 19.4. The molecule has 184 valence electrons. The molecule has 0 radical (unpaired) electrons. The number of ether oxygens (including phenoxy) is 5. The van der Waals surface area contributed by atoms with Crippen molar-refractivity contribution in [3.05, 3.63) is 36.0 Å². The number of aromatic nitrogens is 1. The van der Waals surface area contributed by atoms with E-state index >= 15 is 0 Å². The Bertz CT molecular complexity index is 1030. The maximum atomic E-state index is 12.8. The van der Waals surface area contributed by atoms with Gasteiger partial charge < -0.3 is 28.7 Å². The van der Waals surface area contributed by atoms with Gasteiger partial charge in [0.05, 0.1) is 13.0 Å². The number of rotatable bonds is 9. The Labute approximate surface area is 196 Å². The maximum Gasteiger partial charge on any atom is 0.312 e. The monoisotopic (exact) mass is 475 g/mol. The van der Waals surface area contributed by atoms with Crippen molar-refractivity contribution in [2.45, 2.75) is 71.1 Å². The van der Waals surface area contributed by atoms with Crippen molar-refractivity contribution in [3.8, 4) is 0 Å². The van der Waals surface area contributed by atoms with E-state index in [2.05, 4.69) is 4.98 Å². The zero-order chi connectivity index (χ0) is 24.7. The SMILES string of the molecule is CCC(=O)OC1COC(OC(=O)Cc2c[nH]c3ccccc23)C(OC(=O)CC)C1OC(=O)CC. The Hall–Kier alpha value is -3.40. The Morgan fingerprint density at radius 2 is 1.47 bits per heavy atom. The van der Waals surface area contributed by atoms with E-state index in [4.69, 9.17) is 23.7 Å². The third-order valence-corrected chi connectivity index (χ3v) is 5.32. The molecule has 0 bridgehead atoms. The maximum absolute atomic E-state index is 12.8. The molecule has 1 N–H and O–H groups in total. The summed E-state index contributed by atoms with van der Waals surface area (Å²) in [7, 11) is 0. The molecule has 10 nitrogen and oxygen atoms in total. The summed E-state index contributed by atoms with van der Waals surface area (Å²) in [5.74, 6) is -2.38. The van der Waals surface area contributed by atoms with E-state index in [9.17, 15) is 19.2 Å². The van der Waals surface area contributed by atoms with Crippen molar-refractivity contribution < 1.29 is 42.9 Å². The molecule has 1 aliphatic rings. The molecule has 4 atom stereocenters. The van der Waals surface area contributed by atoms with Crippen LogP contribution in [0.25, 0.3) is 10.9 Å². The summed E-state index contributed by atoms with van der Waals surface area (Å²) in [6, 6.07) is 7.51. The van der Waals surface area contributed by atoms with Crippen LogP contribution in [0, 0.1) is 0 Å². The van der Waals surface area contributed by atoms with Gasteiger partial charge in [0.2, 0.25) is 12.4 Å². The van der Waals surface area contributed by atoms with E-state index < -0.39 is 48.5 Å². The van der Waals surface area contributed by atoms with Gasteiger partial charge in [-0.15, -0.1) is 0 Å². The molecule has 2 heterocycles. The highest BCUT2D eigenvalue weighted by Crippen LogP contribution is 2.27. The predicted molar refractivity (Wildman–Crippen MR) is 118 cm³/mol. The standard InChI is InChI=1S/C24H29NO9/c1-4-18(26)31-17-13-30-24(23(33-20(28)6-3)22(17)32-19(27)5-2)34-21(29)11-14-12-25-16-10-8-7-9-15(14)16/h7-10,12,17,22-25H,4-6,11,13H2,1-3H3. The lowest BCUT2D eigenvalue weighted by atomic mass is 10.0. The molecule has 0 amide bonds. The number of hydrogen-bond acceptors (Lipinski definition) is 9. The highest BCUT2D eigenvalue weighted by Gasteiger charge is 2.49. The number of para-hydroxylation sites is 1. The van der Waals surface area contributed by atoms with Crippen LogP contribution in [0.3, 0.4) is 0 Å². The molecule has 1 saturated heterocycles. The number of carbonyl (C=O) groups excluding carboxylic acids is 4. The van der Waals surface area contributed by atoms with E-state index in [0.717, 1.165) is 16.5 Å². The van der Waals surface area contributed by atoms with Crippen LogP contribution in [-0.2, 0) is 49.3 Å². The Morgan fingerprint density at radius 3 is 2.15 bits per heavy atom. The number of benzene rings is 1. The van der Waals surface area contributed by atoms with Crippen LogP contribution >= 0.6 is 0 Å². The van der Waals surface area contributed by atoms with Crippen LogP contribution in [0.5, 0.6) is 0 Å². The van der Waals surface area contributed by atoms with Crippen molar-refractivity contribution in [1.29, 1.82) is 0 Å². The van der Waals surface area contributed by atoms with Crippen LogP contribution in [0.2, 0.25) is 0 Å². The second-order valence-corrected chi connectivity index (χ2v) is 7.73. The molecule has 1 fully saturated rings. The van der Waals surface area contributed by atoms with Crippen molar-refractivity contribution in [2.75, 3.05) is 6.61 Å². The van der Waals surface area contributed by atoms with E-state index in [1.807, 2.05) is 24.3 Å². The van der Waals surface area contributed by atoms with Crippen molar-refractivity contribution >= 4 is 34.8 Å². The fraction of sp³-hybridized carbons (Fsp3) is 0.500. The van der Waals surface area contributed by atoms with Crippen molar-refractivity contribution in [1.82, 2.24) is 4.98 Å². The average Bonchev–Trinajstić information content (AvgIpc) is 3.24. The molecule has 0 spiro atoms. The van der Waals surface area contributed by atoms with E-state index in [-0.39, 0.29) is 32.3 Å². The first-order valence-corrected chi connectivity index (χ1v) is 11.3. The molecular weight excluding hydrogens is 446 g/mol. The smallest absolute Gasteiger partial charge is 0.312 e. The molecule has 1 aromatic heterocycles. The second kappa shape index (κ2) is 11.6. The largest absolute Gasteiger partial charge is 0.456 e. The van der Waals surface area contributed by atoms with Crippen LogP contribution in [0.15, 0.2) is 30.5 Å². The van der Waals surface area contributed by atoms with Gasteiger partial charge in [-0.1, -0.05) is 39.0 Å². The summed E-state index contributed by atoms with van der Waals surface area (Å²) >= 11 is 0. The topological polar surface area (TPSA) is 130 Å². The van der Waals surface area contributed by atoms with Crippen LogP contribution in [0.1, 0.15) is 45.6 Å². The van der Waals surface area contributed by atoms with Gasteiger partial charge in [0, 0.05) is 36.4 Å². The van der Waals surface area contributed by atoms with Crippen LogP contribution < -0.4 is 0 Å². The molecule has 1 aromatic carbocycles. The fourth-order valence-electron chi connectivity index (χ4n) is 3.54. The lowest BCUT2D eigenvalue weighted by Crippen LogP contribution is -2.58. The minimum Gasteiger partial charge on any atom is -0.456 e. The number of hydrogen-bond donors (Lipinski definition) is 1. The normalized spacial score (nSPS) is 22.1. The Morgan fingerprint density at radius 1 is 0.853 bits per heavy atom. The van der Waals surface area contributed by atoms with Gasteiger partial charge in [-0.3, -0.25) is 19.2 Å². The highest BCUT2D eigenvalue weighted by atomic mass is 16.7. The molecule has 34 heavy (non-hydrogen) atoms. The number of H-pyrrole nitrogens is 1. The van der Waals surface area contributed by atoms with Gasteiger partial charge in [0.25, 0.3) is 0 Å². The quantitative estimate of drug-likeness (QED) is 0.429. The molecule has 4 unspecified atom stereocenters. The lowest BCUT2D eigenvalue weighted by Gasteiger charge is -2.40.